The van der Waals surface area contributed by atoms with Crippen LogP contribution >= 0.6 is 0 Å². The summed E-state index contributed by atoms with van der Waals surface area (Å²) in [5, 5.41) is 0. The van der Waals surface area contributed by atoms with Gasteiger partial charge in [0.1, 0.15) is 0 Å². The predicted octanol–water partition coefficient (Wildman–Crippen LogP) is -0.675. The number of amides is 2. The first-order valence-electron chi connectivity index (χ1n) is 4.38. The number of carbonyl (C=O) groups is 2. The minimum absolute atomic E-state index is 0.0887. The molecule has 0 spiro atoms. The largest absolute Gasteiger partial charge is 0.366 e. The fourth-order valence-electron chi connectivity index (χ4n) is 1.29. The van der Waals surface area contributed by atoms with Crippen molar-refractivity contribution >= 4 is 11.8 Å². The smallest absolute Gasteiger partial charge is 0.246 e. The fraction of sp³-hybridized carbons (Fsp3) is 0.556. The van der Waals surface area contributed by atoms with Crippen LogP contribution in [0.25, 0.3) is 0 Å². The van der Waals surface area contributed by atoms with Crippen LogP contribution in [0.5, 0.6) is 0 Å². The van der Waals surface area contributed by atoms with Crippen LogP contribution in [0, 0.1) is 0 Å². The lowest BCUT2D eigenvalue weighted by atomic mass is 10.1. The highest BCUT2D eigenvalue weighted by atomic mass is 16.2. The van der Waals surface area contributed by atoms with Crippen molar-refractivity contribution in [2.45, 2.75) is 25.8 Å². The van der Waals surface area contributed by atoms with Crippen molar-refractivity contribution in [2.75, 3.05) is 6.54 Å². The van der Waals surface area contributed by atoms with Gasteiger partial charge < -0.3 is 16.4 Å². The Kier molecular flexibility index (Phi) is 2.62. The van der Waals surface area contributed by atoms with Gasteiger partial charge in [-0.2, -0.15) is 0 Å². The molecule has 0 aromatic rings. The average molecular weight is 197 g/mol. The van der Waals surface area contributed by atoms with Crippen LogP contribution < -0.4 is 11.5 Å². The van der Waals surface area contributed by atoms with Gasteiger partial charge in [0.25, 0.3) is 0 Å². The zero-order valence-electron chi connectivity index (χ0n) is 8.41. The Labute approximate surface area is 82.7 Å². The zero-order valence-corrected chi connectivity index (χ0v) is 8.41. The Morgan fingerprint density at radius 3 is 2.57 bits per heavy atom. The molecule has 4 N–H and O–H groups in total. The number of hydrogen-bond acceptors (Lipinski definition) is 3. The lowest BCUT2D eigenvalue weighted by Crippen LogP contribution is -2.44. The second kappa shape index (κ2) is 3.42. The third-order valence-corrected chi connectivity index (χ3v) is 1.87. The molecule has 1 aliphatic rings. The number of carbonyl (C=O) groups excluding carboxylic acids is 2. The molecule has 0 bridgehead atoms. The number of primary amides is 1. The molecule has 2 amide bonds. The SMILES string of the molecule is CC(C)(N)CN1C=C(C(N)=O)CC1=O. The summed E-state index contributed by atoms with van der Waals surface area (Å²) in [6, 6.07) is 0. The maximum Gasteiger partial charge on any atom is 0.246 e. The summed E-state index contributed by atoms with van der Waals surface area (Å²) in [7, 11) is 0. The monoisotopic (exact) mass is 197 g/mol. The van der Waals surface area contributed by atoms with Crippen molar-refractivity contribution < 1.29 is 9.59 Å². The summed E-state index contributed by atoms with van der Waals surface area (Å²) >= 11 is 0. The van der Waals surface area contributed by atoms with Gasteiger partial charge in [0.2, 0.25) is 11.8 Å². The van der Waals surface area contributed by atoms with Crippen molar-refractivity contribution in [3.05, 3.63) is 11.8 Å². The van der Waals surface area contributed by atoms with E-state index < -0.39 is 11.4 Å². The van der Waals surface area contributed by atoms with Gasteiger partial charge >= 0.3 is 0 Å². The minimum Gasteiger partial charge on any atom is -0.366 e. The van der Waals surface area contributed by atoms with E-state index in [0.29, 0.717) is 12.1 Å². The first-order chi connectivity index (χ1) is 6.29. The predicted molar refractivity (Wildman–Crippen MR) is 51.9 cm³/mol. The van der Waals surface area contributed by atoms with Gasteiger partial charge in [-0.05, 0) is 13.8 Å². The lowest BCUT2D eigenvalue weighted by Gasteiger charge is -2.24. The molecule has 1 rings (SSSR count). The number of hydrogen-bond donors (Lipinski definition) is 2. The Morgan fingerprint density at radius 2 is 2.21 bits per heavy atom. The van der Waals surface area contributed by atoms with Gasteiger partial charge in [0.05, 0.1) is 6.42 Å². The zero-order chi connectivity index (χ0) is 10.9. The van der Waals surface area contributed by atoms with Gasteiger partial charge in [0.15, 0.2) is 0 Å². The molecule has 0 unspecified atom stereocenters. The van der Waals surface area contributed by atoms with Gasteiger partial charge in [-0.1, -0.05) is 0 Å². The molecule has 0 radical (unpaired) electrons. The molecular weight excluding hydrogens is 182 g/mol. The lowest BCUT2D eigenvalue weighted by molar-refractivity contribution is -0.127. The number of nitrogens with two attached hydrogens (primary N) is 2. The molecule has 1 aliphatic heterocycles. The van der Waals surface area contributed by atoms with Crippen molar-refractivity contribution in [1.29, 1.82) is 0 Å². The summed E-state index contributed by atoms with van der Waals surface area (Å²) in [6.45, 7) is 4.02. The van der Waals surface area contributed by atoms with E-state index in [1.165, 1.54) is 11.1 Å². The molecule has 0 aliphatic carbocycles. The molecule has 0 saturated carbocycles. The van der Waals surface area contributed by atoms with E-state index in [4.69, 9.17) is 11.5 Å². The van der Waals surface area contributed by atoms with E-state index >= 15 is 0 Å². The van der Waals surface area contributed by atoms with Crippen LogP contribution in [0.2, 0.25) is 0 Å². The van der Waals surface area contributed by atoms with E-state index in [1.807, 2.05) is 13.8 Å². The second-order valence-corrected chi connectivity index (χ2v) is 4.21. The van der Waals surface area contributed by atoms with E-state index in [-0.39, 0.29) is 12.3 Å². The Hall–Kier alpha value is -1.36. The fourth-order valence-corrected chi connectivity index (χ4v) is 1.29. The summed E-state index contributed by atoms with van der Waals surface area (Å²) in [5.74, 6) is -0.673. The highest BCUT2D eigenvalue weighted by molar-refractivity contribution is 6.00. The molecule has 0 atom stereocenters. The summed E-state index contributed by atoms with van der Waals surface area (Å²) in [5.41, 5.74) is 10.7. The molecule has 0 aromatic heterocycles. The van der Waals surface area contributed by atoms with Crippen LogP contribution in [0.4, 0.5) is 0 Å². The third kappa shape index (κ3) is 2.56. The van der Waals surface area contributed by atoms with Gasteiger partial charge in [-0.25, -0.2) is 0 Å². The highest BCUT2D eigenvalue weighted by Gasteiger charge is 2.27. The molecule has 78 valence electrons. The molecule has 5 heteroatoms. The van der Waals surface area contributed by atoms with E-state index in [9.17, 15) is 9.59 Å². The van der Waals surface area contributed by atoms with E-state index in [0.717, 1.165) is 0 Å². The summed E-state index contributed by atoms with van der Waals surface area (Å²) in [4.78, 5) is 23.6. The topological polar surface area (TPSA) is 89.4 Å². The molecule has 14 heavy (non-hydrogen) atoms. The second-order valence-electron chi connectivity index (χ2n) is 4.21. The maximum absolute atomic E-state index is 11.4. The van der Waals surface area contributed by atoms with Gasteiger partial charge in [0, 0.05) is 23.9 Å². The van der Waals surface area contributed by atoms with E-state index in [2.05, 4.69) is 0 Å². The van der Waals surface area contributed by atoms with Crippen LogP contribution in [0.15, 0.2) is 11.8 Å². The van der Waals surface area contributed by atoms with Crippen LogP contribution in [-0.2, 0) is 9.59 Å². The molecular formula is C9H15N3O2. The van der Waals surface area contributed by atoms with E-state index in [1.54, 1.807) is 0 Å². The molecule has 5 nitrogen and oxygen atoms in total. The van der Waals surface area contributed by atoms with Crippen molar-refractivity contribution in [3.8, 4) is 0 Å². The van der Waals surface area contributed by atoms with Crippen LogP contribution in [0.3, 0.4) is 0 Å². The number of nitrogens with zero attached hydrogens (tertiary/aromatic N) is 1. The van der Waals surface area contributed by atoms with Crippen LogP contribution in [-0.4, -0.2) is 28.8 Å². The minimum atomic E-state index is -0.546. The third-order valence-electron chi connectivity index (χ3n) is 1.87. The first kappa shape index (κ1) is 10.7. The Balaban J connectivity index is 2.72. The van der Waals surface area contributed by atoms with Gasteiger partial charge in [-0.15, -0.1) is 0 Å². The highest BCUT2D eigenvalue weighted by Crippen LogP contribution is 2.17. The van der Waals surface area contributed by atoms with Crippen molar-refractivity contribution in [1.82, 2.24) is 4.90 Å². The normalized spacial score (nSPS) is 17.2. The quantitative estimate of drug-likeness (QED) is 0.628. The number of rotatable bonds is 3. The summed E-state index contributed by atoms with van der Waals surface area (Å²) in [6.07, 6.45) is 1.57. The Bertz CT molecular complexity index is 302. The average Bonchev–Trinajstić information content (AvgIpc) is 2.29. The summed E-state index contributed by atoms with van der Waals surface area (Å²) < 4.78 is 0. The molecule has 1 heterocycles. The molecule has 0 saturated heterocycles. The molecule has 0 aromatic carbocycles. The first-order valence-corrected chi connectivity index (χ1v) is 4.38. The van der Waals surface area contributed by atoms with Gasteiger partial charge in [-0.3, -0.25) is 9.59 Å². The van der Waals surface area contributed by atoms with Crippen molar-refractivity contribution in [2.24, 2.45) is 11.5 Å². The van der Waals surface area contributed by atoms with Crippen molar-refractivity contribution in [3.63, 3.8) is 0 Å². The standard InChI is InChI=1S/C9H15N3O2/c1-9(2,11)5-12-4-6(8(10)14)3-7(12)13/h4H,3,5,11H2,1-2H3,(H2,10,14). The van der Waals surface area contributed by atoms with Crippen LogP contribution in [0.1, 0.15) is 20.3 Å². The maximum atomic E-state index is 11.4. The molecule has 0 fully saturated rings. The Morgan fingerprint density at radius 1 is 1.64 bits per heavy atom.